The van der Waals surface area contributed by atoms with Crippen LogP contribution in [-0.2, 0) is 6.54 Å². The molecule has 2 heterocycles. The number of hydrogen-bond acceptors (Lipinski definition) is 5. The second-order valence-electron chi connectivity index (χ2n) is 4.66. The van der Waals surface area contributed by atoms with E-state index >= 15 is 0 Å². The van der Waals surface area contributed by atoms with Gasteiger partial charge in [-0.3, -0.25) is 0 Å². The summed E-state index contributed by atoms with van der Waals surface area (Å²) in [5, 5.41) is 0. The van der Waals surface area contributed by atoms with E-state index in [1.807, 2.05) is 4.57 Å². The third-order valence-electron chi connectivity index (χ3n) is 3.29. The molecule has 0 atom stereocenters. The molecule has 0 aromatic carbocycles. The van der Waals surface area contributed by atoms with Crippen molar-refractivity contribution in [3.8, 4) is 0 Å². The molecule has 2 N–H and O–H groups in total. The maximum atomic E-state index is 5.77. The molecule has 2 aromatic heterocycles. The maximum Gasteiger partial charge on any atom is 0.165 e. The van der Waals surface area contributed by atoms with E-state index in [0.717, 1.165) is 38.2 Å². The van der Waals surface area contributed by atoms with Crippen LogP contribution in [0.4, 0.5) is 5.82 Å². The average molecular weight is 262 g/mol. The van der Waals surface area contributed by atoms with Crippen molar-refractivity contribution >= 4 is 17.0 Å². The van der Waals surface area contributed by atoms with Crippen LogP contribution in [0.25, 0.3) is 11.2 Å². The molecule has 19 heavy (non-hydrogen) atoms. The Morgan fingerprint density at radius 1 is 1.21 bits per heavy atom. The zero-order valence-corrected chi connectivity index (χ0v) is 11.7. The van der Waals surface area contributed by atoms with E-state index in [-0.39, 0.29) is 0 Å². The maximum absolute atomic E-state index is 5.77. The van der Waals surface area contributed by atoms with Gasteiger partial charge in [0.25, 0.3) is 0 Å². The number of fused-ring (bicyclic) bond motifs is 1. The molecule has 2 aromatic rings. The zero-order valence-electron chi connectivity index (χ0n) is 11.7. The van der Waals surface area contributed by atoms with Gasteiger partial charge in [-0.25, -0.2) is 15.0 Å². The van der Waals surface area contributed by atoms with Crippen LogP contribution in [0.2, 0.25) is 0 Å². The molecular formula is C13H22N6. The summed E-state index contributed by atoms with van der Waals surface area (Å²) in [5.41, 5.74) is 7.29. The zero-order chi connectivity index (χ0) is 13.7. The summed E-state index contributed by atoms with van der Waals surface area (Å²) >= 11 is 0. The van der Waals surface area contributed by atoms with E-state index in [1.54, 1.807) is 6.33 Å². The Kier molecular flexibility index (Phi) is 4.68. The van der Waals surface area contributed by atoms with Crippen LogP contribution in [-0.4, -0.2) is 44.1 Å². The summed E-state index contributed by atoms with van der Waals surface area (Å²) in [5.74, 6) is 0.449. The Bertz CT molecular complexity index is 521. The van der Waals surface area contributed by atoms with Crippen molar-refractivity contribution in [3.63, 3.8) is 0 Å². The van der Waals surface area contributed by atoms with Gasteiger partial charge in [-0.2, -0.15) is 0 Å². The standard InChI is InChI=1S/C13H22N6/c1-3-6-18(4-2)7-5-8-19-10-17-11-12(14)15-9-16-13(11)19/h9-10H,3-8H2,1-2H3,(H2,14,15,16). The minimum absolute atomic E-state index is 0.449. The molecule has 0 aliphatic carbocycles. The van der Waals surface area contributed by atoms with Crippen molar-refractivity contribution in [1.29, 1.82) is 0 Å². The van der Waals surface area contributed by atoms with Gasteiger partial charge < -0.3 is 15.2 Å². The lowest BCUT2D eigenvalue weighted by molar-refractivity contribution is 0.279. The Morgan fingerprint density at radius 2 is 2.05 bits per heavy atom. The summed E-state index contributed by atoms with van der Waals surface area (Å²) in [6.45, 7) is 8.70. The molecule has 0 unspecified atom stereocenters. The molecule has 0 radical (unpaired) electrons. The van der Waals surface area contributed by atoms with E-state index in [1.165, 1.54) is 12.7 Å². The smallest absolute Gasteiger partial charge is 0.165 e. The Balaban J connectivity index is 1.97. The molecule has 6 heteroatoms. The summed E-state index contributed by atoms with van der Waals surface area (Å²) in [7, 11) is 0. The van der Waals surface area contributed by atoms with E-state index in [4.69, 9.17) is 5.73 Å². The highest BCUT2D eigenvalue weighted by molar-refractivity contribution is 5.80. The first-order valence-electron chi connectivity index (χ1n) is 6.90. The number of hydrogen-bond donors (Lipinski definition) is 1. The SMILES string of the molecule is CCCN(CC)CCCn1cnc2c(N)ncnc21. The van der Waals surface area contributed by atoms with Crippen LogP contribution in [0.5, 0.6) is 0 Å². The van der Waals surface area contributed by atoms with Gasteiger partial charge in [-0.05, 0) is 32.5 Å². The van der Waals surface area contributed by atoms with Crippen LogP contribution >= 0.6 is 0 Å². The summed E-state index contributed by atoms with van der Waals surface area (Å²) in [6.07, 6.45) is 5.58. The Hall–Kier alpha value is -1.69. The van der Waals surface area contributed by atoms with E-state index in [2.05, 4.69) is 33.7 Å². The van der Waals surface area contributed by atoms with Crippen LogP contribution < -0.4 is 5.73 Å². The van der Waals surface area contributed by atoms with E-state index in [9.17, 15) is 0 Å². The van der Waals surface area contributed by atoms with Gasteiger partial charge in [0.1, 0.15) is 11.8 Å². The van der Waals surface area contributed by atoms with E-state index in [0.29, 0.717) is 11.3 Å². The highest BCUT2D eigenvalue weighted by Gasteiger charge is 2.07. The first kappa shape index (κ1) is 13.7. The first-order valence-corrected chi connectivity index (χ1v) is 6.90. The van der Waals surface area contributed by atoms with Crippen LogP contribution in [0.3, 0.4) is 0 Å². The predicted molar refractivity (Wildman–Crippen MR) is 76.8 cm³/mol. The van der Waals surface area contributed by atoms with Gasteiger partial charge in [0.2, 0.25) is 0 Å². The minimum Gasteiger partial charge on any atom is -0.382 e. The molecule has 0 bridgehead atoms. The molecule has 6 nitrogen and oxygen atoms in total. The first-order chi connectivity index (χ1) is 9.26. The molecule has 0 saturated carbocycles. The van der Waals surface area contributed by atoms with Gasteiger partial charge in [0, 0.05) is 6.54 Å². The predicted octanol–water partition coefficient (Wildman–Crippen LogP) is 1.53. The van der Waals surface area contributed by atoms with Crippen molar-refractivity contribution in [2.45, 2.75) is 33.2 Å². The molecule has 0 fully saturated rings. The molecule has 2 rings (SSSR count). The fourth-order valence-electron chi connectivity index (χ4n) is 2.27. The monoisotopic (exact) mass is 262 g/mol. The molecule has 0 amide bonds. The fraction of sp³-hybridized carbons (Fsp3) is 0.615. The lowest BCUT2D eigenvalue weighted by Gasteiger charge is -2.19. The average Bonchev–Trinajstić information content (AvgIpc) is 2.83. The number of aryl methyl sites for hydroxylation is 1. The van der Waals surface area contributed by atoms with Gasteiger partial charge in [0.05, 0.1) is 6.33 Å². The Morgan fingerprint density at radius 3 is 2.79 bits per heavy atom. The third kappa shape index (κ3) is 3.20. The highest BCUT2D eigenvalue weighted by atomic mass is 15.1. The largest absolute Gasteiger partial charge is 0.382 e. The topological polar surface area (TPSA) is 72.9 Å². The van der Waals surface area contributed by atoms with Gasteiger partial charge in [0.15, 0.2) is 11.5 Å². The van der Waals surface area contributed by atoms with Crippen LogP contribution in [0.1, 0.15) is 26.7 Å². The number of aromatic nitrogens is 4. The second kappa shape index (κ2) is 6.47. The van der Waals surface area contributed by atoms with Crippen LogP contribution in [0.15, 0.2) is 12.7 Å². The summed E-state index contributed by atoms with van der Waals surface area (Å²) in [6, 6.07) is 0. The van der Waals surface area contributed by atoms with Gasteiger partial charge >= 0.3 is 0 Å². The number of nitrogens with zero attached hydrogens (tertiary/aromatic N) is 5. The molecule has 0 spiro atoms. The number of rotatable bonds is 7. The lowest BCUT2D eigenvalue weighted by atomic mass is 10.3. The summed E-state index contributed by atoms with van der Waals surface area (Å²) in [4.78, 5) is 14.9. The number of imidazole rings is 1. The fourth-order valence-corrected chi connectivity index (χ4v) is 2.27. The Labute approximate surface area is 113 Å². The van der Waals surface area contributed by atoms with Crippen molar-refractivity contribution in [3.05, 3.63) is 12.7 Å². The molecular weight excluding hydrogens is 240 g/mol. The number of nitrogen functional groups attached to an aromatic ring is 1. The molecule has 104 valence electrons. The van der Waals surface area contributed by atoms with E-state index < -0.39 is 0 Å². The lowest BCUT2D eigenvalue weighted by Crippen LogP contribution is -2.26. The molecule has 0 aliphatic rings. The van der Waals surface area contributed by atoms with Gasteiger partial charge in [-0.1, -0.05) is 13.8 Å². The molecule has 0 aliphatic heterocycles. The highest BCUT2D eigenvalue weighted by Crippen LogP contribution is 2.14. The van der Waals surface area contributed by atoms with Crippen molar-refractivity contribution in [1.82, 2.24) is 24.4 Å². The third-order valence-corrected chi connectivity index (χ3v) is 3.29. The van der Waals surface area contributed by atoms with Crippen molar-refractivity contribution in [2.24, 2.45) is 0 Å². The number of nitrogens with two attached hydrogens (primary N) is 1. The summed E-state index contributed by atoms with van der Waals surface area (Å²) < 4.78 is 2.05. The van der Waals surface area contributed by atoms with Crippen LogP contribution in [0, 0.1) is 0 Å². The number of anilines is 1. The van der Waals surface area contributed by atoms with Crippen molar-refractivity contribution < 1.29 is 0 Å². The quantitative estimate of drug-likeness (QED) is 0.819. The minimum atomic E-state index is 0.449. The normalized spacial score (nSPS) is 11.5. The van der Waals surface area contributed by atoms with Gasteiger partial charge in [-0.15, -0.1) is 0 Å². The van der Waals surface area contributed by atoms with Crippen molar-refractivity contribution in [2.75, 3.05) is 25.4 Å². The molecule has 0 saturated heterocycles. The second-order valence-corrected chi connectivity index (χ2v) is 4.66.